The van der Waals surface area contributed by atoms with E-state index in [4.69, 9.17) is 23.2 Å². The van der Waals surface area contributed by atoms with Crippen LogP contribution in [0.25, 0.3) is 0 Å². The van der Waals surface area contributed by atoms with Crippen molar-refractivity contribution in [1.82, 2.24) is 0 Å². The Kier molecular flexibility index (Phi) is 4.11. The lowest BCUT2D eigenvalue weighted by molar-refractivity contribution is 0.0975. The van der Waals surface area contributed by atoms with Crippen molar-refractivity contribution in [3.63, 3.8) is 0 Å². The molecular weight excluding hydrogens is 324 g/mol. The molecule has 1 aliphatic heterocycles. The highest BCUT2D eigenvalue weighted by molar-refractivity contribution is 6.36. The lowest BCUT2D eigenvalue weighted by Crippen LogP contribution is -2.42. The van der Waals surface area contributed by atoms with E-state index in [1.165, 1.54) is 12.1 Å². The van der Waals surface area contributed by atoms with Crippen molar-refractivity contribution in [3.8, 4) is 0 Å². The maximum absolute atomic E-state index is 13.4. The Labute approximate surface area is 138 Å². The van der Waals surface area contributed by atoms with Crippen LogP contribution in [0.4, 0.5) is 10.1 Å². The van der Waals surface area contributed by atoms with Crippen LogP contribution < -0.4 is 4.90 Å². The van der Waals surface area contributed by atoms with Crippen LogP contribution in [0.5, 0.6) is 0 Å². The Morgan fingerprint density at radius 2 is 2.00 bits per heavy atom. The number of rotatable bonds is 1. The van der Waals surface area contributed by atoms with Crippen LogP contribution in [-0.2, 0) is 6.42 Å². The lowest BCUT2D eigenvalue weighted by Gasteiger charge is -2.35. The van der Waals surface area contributed by atoms with Crippen molar-refractivity contribution >= 4 is 34.8 Å². The van der Waals surface area contributed by atoms with Crippen LogP contribution in [0.15, 0.2) is 36.4 Å². The molecule has 0 aliphatic carbocycles. The fourth-order valence-electron chi connectivity index (χ4n) is 2.82. The number of anilines is 1. The van der Waals surface area contributed by atoms with Gasteiger partial charge in [0.1, 0.15) is 5.82 Å². The smallest absolute Gasteiger partial charge is 0.260 e. The SMILES string of the molecule is CC1CCc2cc(F)ccc2N1C(=O)c1cc(Cl)ccc1Cl. The normalized spacial score (nSPS) is 17.3. The average molecular weight is 338 g/mol. The van der Waals surface area contributed by atoms with E-state index in [0.717, 1.165) is 24.1 Å². The van der Waals surface area contributed by atoms with E-state index in [2.05, 4.69) is 0 Å². The molecule has 2 aromatic carbocycles. The summed E-state index contributed by atoms with van der Waals surface area (Å²) in [6, 6.07) is 9.34. The first-order chi connectivity index (χ1) is 10.5. The third-order valence-electron chi connectivity index (χ3n) is 3.95. The largest absolute Gasteiger partial charge is 0.305 e. The third-order valence-corrected chi connectivity index (χ3v) is 4.52. The average Bonchev–Trinajstić information content (AvgIpc) is 2.49. The van der Waals surface area contributed by atoms with Gasteiger partial charge in [0.15, 0.2) is 0 Å². The number of aryl methyl sites for hydroxylation is 1. The van der Waals surface area contributed by atoms with Gasteiger partial charge in [0, 0.05) is 16.8 Å². The van der Waals surface area contributed by atoms with E-state index in [-0.39, 0.29) is 17.8 Å². The molecule has 0 fully saturated rings. The first kappa shape index (κ1) is 15.3. The van der Waals surface area contributed by atoms with Gasteiger partial charge in [0.2, 0.25) is 0 Å². The van der Waals surface area contributed by atoms with Crippen LogP contribution in [0, 0.1) is 5.82 Å². The highest BCUT2D eigenvalue weighted by Crippen LogP contribution is 2.34. The van der Waals surface area contributed by atoms with E-state index < -0.39 is 0 Å². The Morgan fingerprint density at radius 3 is 2.77 bits per heavy atom. The highest BCUT2D eigenvalue weighted by Gasteiger charge is 2.30. The standard InChI is InChI=1S/C17H14Cl2FNO/c1-10-2-3-11-8-13(20)5-7-16(11)21(10)17(22)14-9-12(18)4-6-15(14)19/h4-10H,2-3H2,1H3. The van der Waals surface area contributed by atoms with E-state index in [1.807, 2.05) is 6.92 Å². The Morgan fingerprint density at radius 1 is 1.23 bits per heavy atom. The molecule has 0 saturated heterocycles. The van der Waals surface area contributed by atoms with Crippen LogP contribution in [0.2, 0.25) is 10.0 Å². The molecular formula is C17H14Cl2FNO. The number of hydrogen-bond acceptors (Lipinski definition) is 1. The monoisotopic (exact) mass is 337 g/mol. The van der Waals surface area contributed by atoms with Gasteiger partial charge < -0.3 is 4.90 Å². The second kappa shape index (κ2) is 5.90. The Hall–Kier alpha value is -1.58. The molecule has 22 heavy (non-hydrogen) atoms. The van der Waals surface area contributed by atoms with Crippen molar-refractivity contribution in [1.29, 1.82) is 0 Å². The molecule has 1 atom stereocenters. The predicted octanol–water partition coefficient (Wildman–Crippen LogP) is 5.11. The lowest BCUT2D eigenvalue weighted by atomic mass is 9.95. The molecule has 0 radical (unpaired) electrons. The van der Waals surface area contributed by atoms with Crippen LogP contribution in [-0.4, -0.2) is 11.9 Å². The summed E-state index contributed by atoms with van der Waals surface area (Å²) in [7, 11) is 0. The van der Waals surface area contributed by atoms with Gasteiger partial charge in [-0.15, -0.1) is 0 Å². The van der Waals surface area contributed by atoms with Gasteiger partial charge in [0.25, 0.3) is 5.91 Å². The molecule has 2 aromatic rings. The van der Waals surface area contributed by atoms with E-state index in [9.17, 15) is 9.18 Å². The van der Waals surface area contributed by atoms with E-state index >= 15 is 0 Å². The first-order valence-corrected chi connectivity index (χ1v) is 7.80. The minimum atomic E-state index is -0.290. The van der Waals surface area contributed by atoms with E-state index in [1.54, 1.807) is 29.2 Å². The van der Waals surface area contributed by atoms with E-state index in [0.29, 0.717) is 15.6 Å². The molecule has 0 bridgehead atoms. The molecule has 0 aromatic heterocycles. The molecule has 3 rings (SSSR count). The fraction of sp³-hybridized carbons (Fsp3) is 0.235. The summed E-state index contributed by atoms with van der Waals surface area (Å²) in [5.74, 6) is -0.506. The number of carbonyl (C=O) groups is 1. The number of hydrogen-bond donors (Lipinski definition) is 0. The second-order valence-corrected chi connectivity index (χ2v) is 6.30. The van der Waals surface area contributed by atoms with Gasteiger partial charge in [0.05, 0.1) is 10.6 Å². The van der Waals surface area contributed by atoms with Crippen LogP contribution >= 0.6 is 23.2 Å². The van der Waals surface area contributed by atoms with Crippen LogP contribution in [0.3, 0.4) is 0 Å². The molecule has 0 spiro atoms. The molecule has 2 nitrogen and oxygen atoms in total. The number of benzene rings is 2. The molecule has 1 aliphatic rings. The predicted molar refractivity (Wildman–Crippen MR) is 87.5 cm³/mol. The van der Waals surface area contributed by atoms with Crippen molar-refractivity contribution < 1.29 is 9.18 Å². The fourth-order valence-corrected chi connectivity index (χ4v) is 3.19. The molecule has 1 unspecified atom stereocenters. The van der Waals surface area contributed by atoms with Gasteiger partial charge in [-0.05, 0) is 61.7 Å². The first-order valence-electron chi connectivity index (χ1n) is 7.04. The summed E-state index contributed by atoms with van der Waals surface area (Å²) in [6.45, 7) is 1.97. The van der Waals surface area contributed by atoms with Crippen molar-refractivity contribution in [2.45, 2.75) is 25.8 Å². The number of fused-ring (bicyclic) bond motifs is 1. The molecule has 1 amide bonds. The molecule has 1 heterocycles. The van der Waals surface area contributed by atoms with Gasteiger partial charge >= 0.3 is 0 Å². The number of carbonyl (C=O) groups excluding carboxylic acids is 1. The zero-order valence-electron chi connectivity index (χ0n) is 11.9. The van der Waals surface area contributed by atoms with Crippen molar-refractivity contribution in [2.75, 3.05) is 4.90 Å². The minimum Gasteiger partial charge on any atom is -0.305 e. The number of nitrogens with zero attached hydrogens (tertiary/aromatic N) is 1. The highest BCUT2D eigenvalue weighted by atomic mass is 35.5. The zero-order valence-corrected chi connectivity index (χ0v) is 13.5. The van der Waals surface area contributed by atoms with Crippen molar-refractivity contribution in [2.24, 2.45) is 0 Å². The summed E-state index contributed by atoms with van der Waals surface area (Å²) in [5.41, 5.74) is 1.93. The minimum absolute atomic E-state index is 0.0144. The van der Waals surface area contributed by atoms with Crippen LogP contribution in [0.1, 0.15) is 29.3 Å². The Bertz CT molecular complexity index is 747. The molecule has 114 valence electrons. The van der Waals surface area contributed by atoms with Crippen molar-refractivity contribution in [3.05, 3.63) is 63.4 Å². The summed E-state index contributed by atoms with van der Waals surface area (Å²) in [6.07, 6.45) is 1.53. The maximum atomic E-state index is 13.4. The van der Waals surface area contributed by atoms with Gasteiger partial charge in [-0.2, -0.15) is 0 Å². The topological polar surface area (TPSA) is 20.3 Å². The Balaban J connectivity index is 2.07. The summed E-state index contributed by atoms with van der Waals surface area (Å²) < 4.78 is 13.4. The van der Waals surface area contributed by atoms with Gasteiger partial charge in [-0.1, -0.05) is 23.2 Å². The quantitative estimate of drug-likeness (QED) is 0.707. The summed E-state index contributed by atoms with van der Waals surface area (Å²) in [5, 5.41) is 0.813. The number of halogens is 3. The molecule has 5 heteroatoms. The molecule has 0 saturated carbocycles. The summed E-state index contributed by atoms with van der Waals surface area (Å²) >= 11 is 12.1. The molecule has 0 N–H and O–H groups in total. The number of amides is 1. The second-order valence-electron chi connectivity index (χ2n) is 5.46. The third kappa shape index (κ3) is 2.71. The van der Waals surface area contributed by atoms with Gasteiger partial charge in [-0.3, -0.25) is 4.79 Å². The summed E-state index contributed by atoms with van der Waals surface area (Å²) in [4.78, 5) is 14.6. The maximum Gasteiger partial charge on any atom is 0.260 e. The zero-order chi connectivity index (χ0) is 15.9. The van der Waals surface area contributed by atoms with Gasteiger partial charge in [-0.25, -0.2) is 4.39 Å².